The Bertz CT molecular complexity index is 431. The lowest BCUT2D eigenvalue weighted by molar-refractivity contribution is -0.787. The molecule has 1 saturated carbocycles. The van der Waals surface area contributed by atoms with Gasteiger partial charge in [0, 0.05) is 12.8 Å². The van der Waals surface area contributed by atoms with Gasteiger partial charge in [0.05, 0.1) is 0 Å². The van der Waals surface area contributed by atoms with Crippen LogP contribution in [0.3, 0.4) is 0 Å². The SMILES string of the molecule is CC(C)(C)OC(=O)Nc1c[n+](C2CCCCC2)no1. The van der Waals surface area contributed by atoms with E-state index in [1.807, 2.05) is 20.8 Å². The number of amides is 1. The van der Waals surface area contributed by atoms with Gasteiger partial charge in [0.25, 0.3) is 6.20 Å². The molecule has 1 aromatic rings. The van der Waals surface area contributed by atoms with Crippen LogP contribution in [-0.4, -0.2) is 17.0 Å². The summed E-state index contributed by atoms with van der Waals surface area (Å²) in [7, 11) is 0. The largest absolute Gasteiger partial charge is 0.444 e. The van der Waals surface area contributed by atoms with Gasteiger partial charge in [-0.3, -0.25) is 9.84 Å². The van der Waals surface area contributed by atoms with E-state index in [4.69, 9.17) is 9.26 Å². The van der Waals surface area contributed by atoms with Crippen molar-refractivity contribution in [2.45, 2.75) is 64.5 Å². The lowest BCUT2D eigenvalue weighted by atomic mass is 9.96. The molecule has 0 radical (unpaired) electrons. The molecule has 1 aromatic heterocycles. The van der Waals surface area contributed by atoms with Gasteiger partial charge in [-0.2, -0.15) is 0 Å². The van der Waals surface area contributed by atoms with Gasteiger partial charge in [-0.1, -0.05) is 6.42 Å². The Kier molecular flexibility index (Phi) is 4.07. The fourth-order valence-corrected chi connectivity index (χ4v) is 2.24. The van der Waals surface area contributed by atoms with Gasteiger partial charge >= 0.3 is 12.0 Å². The Balaban J connectivity index is 1.91. The van der Waals surface area contributed by atoms with Crippen LogP contribution in [0.15, 0.2) is 10.7 Å². The molecule has 0 aromatic carbocycles. The predicted octanol–water partition coefficient (Wildman–Crippen LogP) is 2.81. The maximum Gasteiger partial charge on any atom is 0.414 e. The fraction of sp³-hybridized carbons (Fsp3) is 0.769. The third kappa shape index (κ3) is 4.22. The second-order valence-corrected chi connectivity index (χ2v) is 5.97. The Morgan fingerprint density at radius 1 is 1.42 bits per heavy atom. The molecule has 1 fully saturated rings. The number of carbonyl (C=O) groups is 1. The molecule has 0 spiro atoms. The zero-order chi connectivity index (χ0) is 13.9. The number of nitrogens with one attached hydrogen (secondary N) is 1. The quantitative estimate of drug-likeness (QED) is 0.837. The van der Waals surface area contributed by atoms with Crippen molar-refractivity contribution in [2.75, 3.05) is 5.32 Å². The second-order valence-electron chi connectivity index (χ2n) is 5.97. The molecule has 1 amide bonds. The second kappa shape index (κ2) is 5.59. The third-order valence-corrected chi connectivity index (χ3v) is 3.06. The zero-order valence-electron chi connectivity index (χ0n) is 11.8. The van der Waals surface area contributed by atoms with E-state index in [2.05, 4.69) is 10.6 Å². The van der Waals surface area contributed by atoms with Crippen LogP contribution in [0.1, 0.15) is 58.9 Å². The molecule has 19 heavy (non-hydrogen) atoms. The molecular weight excluding hydrogens is 246 g/mol. The summed E-state index contributed by atoms with van der Waals surface area (Å²) in [6, 6.07) is 0.381. The molecule has 1 N–H and O–H groups in total. The van der Waals surface area contributed by atoms with Crippen molar-refractivity contribution in [3.05, 3.63) is 6.20 Å². The van der Waals surface area contributed by atoms with Crippen LogP contribution >= 0.6 is 0 Å². The number of aromatic nitrogens is 2. The number of hydrogen-bond acceptors (Lipinski definition) is 4. The zero-order valence-corrected chi connectivity index (χ0v) is 11.8. The number of anilines is 1. The first kappa shape index (κ1) is 13.8. The molecule has 2 rings (SSSR count). The molecule has 0 saturated heterocycles. The monoisotopic (exact) mass is 268 g/mol. The maximum absolute atomic E-state index is 11.6. The van der Waals surface area contributed by atoms with Crippen molar-refractivity contribution < 1.29 is 18.7 Å². The van der Waals surface area contributed by atoms with E-state index in [-0.39, 0.29) is 0 Å². The smallest absolute Gasteiger partial charge is 0.414 e. The van der Waals surface area contributed by atoms with Gasteiger partial charge in [0.1, 0.15) is 5.60 Å². The van der Waals surface area contributed by atoms with E-state index in [1.165, 1.54) is 19.3 Å². The summed E-state index contributed by atoms with van der Waals surface area (Å²) in [5.41, 5.74) is -0.524. The molecule has 6 nitrogen and oxygen atoms in total. The minimum absolute atomic E-state index is 0.319. The molecular formula is C13H22N3O3+. The average Bonchev–Trinajstić information content (AvgIpc) is 2.76. The average molecular weight is 268 g/mol. The third-order valence-electron chi connectivity index (χ3n) is 3.06. The van der Waals surface area contributed by atoms with E-state index in [0.29, 0.717) is 11.9 Å². The summed E-state index contributed by atoms with van der Waals surface area (Å²) >= 11 is 0. The topological polar surface area (TPSA) is 68.2 Å². The van der Waals surface area contributed by atoms with E-state index < -0.39 is 11.7 Å². The van der Waals surface area contributed by atoms with Crippen LogP contribution in [0, 0.1) is 0 Å². The standard InChI is InChI=1S/C13H21N3O3/c1-13(2,3)18-12(17)14-11-9-16(15-19-11)10-7-5-4-6-8-10/h9-10H,4-8H2,1-3H3/p+1. The van der Waals surface area contributed by atoms with Crippen LogP contribution in [0.5, 0.6) is 0 Å². The number of hydrogen-bond donors (Lipinski definition) is 1. The van der Waals surface area contributed by atoms with Gasteiger partial charge in [0.15, 0.2) is 6.04 Å². The van der Waals surface area contributed by atoms with E-state index in [9.17, 15) is 4.79 Å². The molecule has 0 atom stereocenters. The minimum Gasteiger partial charge on any atom is -0.444 e. The first-order valence-corrected chi connectivity index (χ1v) is 6.82. The van der Waals surface area contributed by atoms with Crippen LogP contribution in [0.2, 0.25) is 0 Å². The van der Waals surface area contributed by atoms with Gasteiger partial charge in [-0.15, -0.1) is 0 Å². The molecule has 0 unspecified atom stereocenters. The molecule has 0 bridgehead atoms. The van der Waals surface area contributed by atoms with Crippen molar-refractivity contribution in [3.8, 4) is 0 Å². The normalized spacial score (nSPS) is 17.2. The maximum atomic E-state index is 11.6. The van der Waals surface area contributed by atoms with Crippen LogP contribution in [0.4, 0.5) is 10.7 Å². The Morgan fingerprint density at radius 3 is 2.74 bits per heavy atom. The van der Waals surface area contributed by atoms with E-state index in [0.717, 1.165) is 12.8 Å². The Labute approximate surface area is 113 Å². The summed E-state index contributed by atoms with van der Waals surface area (Å²) in [5.74, 6) is 0.319. The number of carbonyl (C=O) groups excluding carboxylic acids is 1. The summed E-state index contributed by atoms with van der Waals surface area (Å²) in [6.45, 7) is 5.44. The number of nitrogens with zero attached hydrogens (tertiary/aromatic N) is 2. The molecule has 1 aliphatic rings. The highest BCUT2D eigenvalue weighted by Gasteiger charge is 2.27. The first-order chi connectivity index (χ1) is 8.94. The summed E-state index contributed by atoms with van der Waals surface area (Å²) in [5, 5.41) is 6.51. The Morgan fingerprint density at radius 2 is 2.11 bits per heavy atom. The highest BCUT2D eigenvalue weighted by molar-refractivity contribution is 5.82. The molecule has 106 valence electrons. The van der Waals surface area contributed by atoms with Crippen molar-refractivity contribution in [3.63, 3.8) is 0 Å². The van der Waals surface area contributed by atoms with Crippen LogP contribution < -0.4 is 10.00 Å². The summed E-state index contributed by atoms with van der Waals surface area (Å²) in [6.07, 6.45) is 7.15. The van der Waals surface area contributed by atoms with Crippen molar-refractivity contribution >= 4 is 12.0 Å². The van der Waals surface area contributed by atoms with Gasteiger partial charge in [0.2, 0.25) is 5.27 Å². The van der Waals surface area contributed by atoms with E-state index >= 15 is 0 Å². The lowest BCUT2D eigenvalue weighted by Gasteiger charge is -2.18. The highest BCUT2D eigenvalue weighted by atomic mass is 16.6. The lowest BCUT2D eigenvalue weighted by Crippen LogP contribution is -2.41. The van der Waals surface area contributed by atoms with Gasteiger partial charge < -0.3 is 4.74 Å². The fourth-order valence-electron chi connectivity index (χ4n) is 2.24. The van der Waals surface area contributed by atoms with Crippen molar-refractivity contribution in [2.24, 2.45) is 0 Å². The van der Waals surface area contributed by atoms with Gasteiger partial charge in [-0.05, 0) is 38.3 Å². The highest BCUT2D eigenvalue weighted by Crippen LogP contribution is 2.23. The molecule has 1 heterocycles. The molecule has 6 heteroatoms. The van der Waals surface area contributed by atoms with Crippen molar-refractivity contribution in [1.82, 2.24) is 5.27 Å². The molecule has 1 aliphatic carbocycles. The first-order valence-electron chi connectivity index (χ1n) is 6.82. The molecule has 0 aliphatic heterocycles. The van der Waals surface area contributed by atoms with Crippen molar-refractivity contribution in [1.29, 1.82) is 0 Å². The Hall–Kier alpha value is -1.59. The van der Waals surface area contributed by atoms with Crippen LogP contribution in [-0.2, 0) is 4.74 Å². The van der Waals surface area contributed by atoms with Crippen LogP contribution in [0.25, 0.3) is 0 Å². The minimum atomic E-state index is -0.528. The predicted molar refractivity (Wildman–Crippen MR) is 68.7 cm³/mol. The number of ether oxygens (including phenoxy) is 1. The van der Waals surface area contributed by atoms with Gasteiger partial charge in [-0.25, -0.2) is 4.79 Å². The number of rotatable bonds is 2. The summed E-state index contributed by atoms with van der Waals surface area (Å²) < 4.78 is 12.1. The summed E-state index contributed by atoms with van der Waals surface area (Å²) in [4.78, 5) is 11.6. The van der Waals surface area contributed by atoms with E-state index in [1.54, 1.807) is 10.9 Å².